The van der Waals surface area contributed by atoms with Gasteiger partial charge in [-0.2, -0.15) is 0 Å². The van der Waals surface area contributed by atoms with Gasteiger partial charge in [-0.05, 0) is 42.5 Å². The highest BCUT2D eigenvalue weighted by atomic mass is 35.5. The van der Waals surface area contributed by atoms with Crippen LogP contribution in [0.15, 0.2) is 53.9 Å². The summed E-state index contributed by atoms with van der Waals surface area (Å²) in [4.78, 5) is 42.4. The summed E-state index contributed by atoms with van der Waals surface area (Å²) in [5, 5.41) is 12.5. The van der Waals surface area contributed by atoms with Gasteiger partial charge < -0.3 is 14.9 Å². The molecule has 1 aromatic heterocycles. The first kappa shape index (κ1) is 25.2. The summed E-state index contributed by atoms with van der Waals surface area (Å²) >= 11 is 7.69. The molecular formula is C27H29ClN2O4S. The monoisotopic (exact) mass is 512 g/mol. The average Bonchev–Trinajstić information content (AvgIpc) is 3.22. The molecule has 0 saturated carbocycles. The molecule has 184 valence electrons. The molecular weight excluding hydrogens is 484 g/mol. The van der Waals surface area contributed by atoms with Crippen LogP contribution in [0.2, 0.25) is 5.02 Å². The molecule has 1 fully saturated rings. The van der Waals surface area contributed by atoms with E-state index in [1.54, 1.807) is 15.9 Å². The molecule has 6 nitrogen and oxygen atoms in total. The van der Waals surface area contributed by atoms with E-state index in [2.05, 4.69) is 0 Å². The molecule has 1 aliphatic rings. The molecule has 1 saturated heterocycles. The van der Waals surface area contributed by atoms with E-state index in [0.717, 1.165) is 15.6 Å². The number of aliphatic carboxylic acids is 1. The smallest absolute Gasteiger partial charge is 0.303 e. The van der Waals surface area contributed by atoms with Crippen molar-refractivity contribution >= 4 is 50.8 Å². The largest absolute Gasteiger partial charge is 0.481 e. The number of hydrogen-bond acceptors (Lipinski definition) is 4. The molecule has 0 spiro atoms. The molecule has 0 radical (unpaired) electrons. The molecule has 35 heavy (non-hydrogen) atoms. The highest BCUT2D eigenvalue weighted by molar-refractivity contribution is 7.17. The van der Waals surface area contributed by atoms with Crippen molar-refractivity contribution < 1.29 is 19.5 Å². The minimum absolute atomic E-state index is 0.0302. The van der Waals surface area contributed by atoms with Crippen molar-refractivity contribution in [3.63, 3.8) is 0 Å². The zero-order valence-corrected chi connectivity index (χ0v) is 21.4. The summed E-state index contributed by atoms with van der Waals surface area (Å²) in [5.74, 6) is -1.29. The van der Waals surface area contributed by atoms with E-state index >= 15 is 0 Å². The van der Waals surface area contributed by atoms with Gasteiger partial charge in [0.05, 0.1) is 5.56 Å². The van der Waals surface area contributed by atoms with E-state index in [1.165, 1.54) is 11.3 Å². The number of carbonyl (C=O) groups excluding carboxylic acids is 2. The van der Waals surface area contributed by atoms with Crippen molar-refractivity contribution in [2.45, 2.75) is 45.2 Å². The number of carboxylic acid groups (broad SMARTS) is 1. The standard InChI is InChI=1S/C27H29ClN2O4S/c1-18(2)27(12-14-30(27)25(33)22-17-35-23-10-4-3-9-21(22)23)26(34)29(13-6-11-24(31)32)16-19-7-5-8-20(28)15-19/h3-5,7-10,15,17-18H,6,11-14,16H2,1-2H3,(H,31,32). The van der Waals surface area contributed by atoms with Crippen molar-refractivity contribution in [1.29, 1.82) is 0 Å². The van der Waals surface area contributed by atoms with Gasteiger partial charge in [-0.15, -0.1) is 11.3 Å². The molecule has 2 heterocycles. The molecule has 2 aromatic carbocycles. The van der Waals surface area contributed by atoms with Crippen molar-refractivity contribution in [3.8, 4) is 0 Å². The Hall–Kier alpha value is -2.90. The summed E-state index contributed by atoms with van der Waals surface area (Å²) in [5.41, 5.74) is 0.513. The first-order valence-corrected chi connectivity index (χ1v) is 13.0. The molecule has 4 rings (SSSR count). The molecule has 1 aliphatic heterocycles. The van der Waals surface area contributed by atoms with E-state index in [0.29, 0.717) is 36.5 Å². The predicted molar refractivity (Wildman–Crippen MR) is 139 cm³/mol. The molecule has 1 N–H and O–H groups in total. The number of benzene rings is 2. The maximum absolute atomic E-state index is 14.2. The summed E-state index contributed by atoms with van der Waals surface area (Å²) < 4.78 is 1.04. The van der Waals surface area contributed by atoms with Crippen molar-refractivity contribution in [3.05, 3.63) is 70.1 Å². The van der Waals surface area contributed by atoms with Gasteiger partial charge in [0.1, 0.15) is 5.54 Å². The van der Waals surface area contributed by atoms with Gasteiger partial charge in [0, 0.05) is 46.5 Å². The number of halogens is 1. The van der Waals surface area contributed by atoms with Gasteiger partial charge in [0.15, 0.2) is 0 Å². The average molecular weight is 513 g/mol. The molecule has 0 bridgehead atoms. The van der Waals surface area contributed by atoms with Gasteiger partial charge in [-0.1, -0.05) is 55.8 Å². The lowest BCUT2D eigenvalue weighted by molar-refractivity contribution is -0.156. The van der Waals surface area contributed by atoms with Crippen molar-refractivity contribution in [1.82, 2.24) is 9.80 Å². The third kappa shape index (κ3) is 4.93. The van der Waals surface area contributed by atoms with Crippen LogP contribution in [0.3, 0.4) is 0 Å². The summed E-state index contributed by atoms with van der Waals surface area (Å²) in [6.07, 6.45) is 0.874. The maximum atomic E-state index is 14.2. The second-order valence-electron chi connectivity index (χ2n) is 9.29. The van der Waals surface area contributed by atoms with E-state index in [9.17, 15) is 14.4 Å². The van der Waals surface area contributed by atoms with Crippen LogP contribution in [0.5, 0.6) is 0 Å². The Morgan fingerprint density at radius 3 is 2.60 bits per heavy atom. The van der Waals surface area contributed by atoms with E-state index < -0.39 is 11.5 Å². The van der Waals surface area contributed by atoms with Crippen LogP contribution in [0, 0.1) is 5.92 Å². The van der Waals surface area contributed by atoms with Gasteiger partial charge in [-0.25, -0.2) is 0 Å². The van der Waals surface area contributed by atoms with Crippen LogP contribution in [0.25, 0.3) is 10.1 Å². The molecule has 1 unspecified atom stereocenters. The predicted octanol–water partition coefficient (Wildman–Crippen LogP) is 5.69. The Bertz CT molecular complexity index is 1260. The zero-order valence-electron chi connectivity index (χ0n) is 19.9. The van der Waals surface area contributed by atoms with Crippen LogP contribution in [0.1, 0.15) is 49.0 Å². The zero-order chi connectivity index (χ0) is 25.2. The fraction of sp³-hybridized carbons (Fsp3) is 0.370. The molecule has 2 amide bonds. The van der Waals surface area contributed by atoms with Gasteiger partial charge in [-0.3, -0.25) is 14.4 Å². The molecule has 0 aliphatic carbocycles. The topological polar surface area (TPSA) is 77.9 Å². The minimum Gasteiger partial charge on any atom is -0.481 e. The van der Waals surface area contributed by atoms with Crippen LogP contribution in [0.4, 0.5) is 0 Å². The second kappa shape index (κ2) is 10.4. The number of hydrogen-bond donors (Lipinski definition) is 1. The fourth-order valence-corrected chi connectivity index (χ4v) is 6.06. The van der Waals surface area contributed by atoms with Crippen LogP contribution in [-0.2, 0) is 16.1 Å². The number of thiophene rings is 1. The highest BCUT2D eigenvalue weighted by Crippen LogP contribution is 2.42. The van der Waals surface area contributed by atoms with E-state index in [-0.39, 0.29) is 30.7 Å². The van der Waals surface area contributed by atoms with Gasteiger partial charge in [0.2, 0.25) is 5.91 Å². The Kier molecular flexibility index (Phi) is 7.47. The Morgan fingerprint density at radius 1 is 1.17 bits per heavy atom. The molecule has 3 aromatic rings. The third-order valence-electron chi connectivity index (χ3n) is 6.85. The lowest BCUT2D eigenvalue weighted by Crippen LogP contribution is -2.71. The minimum atomic E-state index is -0.970. The first-order chi connectivity index (χ1) is 16.7. The molecule has 8 heteroatoms. The quantitative estimate of drug-likeness (QED) is 0.399. The lowest BCUT2D eigenvalue weighted by atomic mass is 9.73. The number of likely N-dealkylation sites (tertiary alicyclic amines) is 1. The number of carbonyl (C=O) groups is 3. The SMILES string of the molecule is CC(C)C1(C(=O)N(CCCC(=O)O)Cc2cccc(Cl)c2)CCN1C(=O)c1csc2ccccc12. The van der Waals surface area contributed by atoms with Crippen LogP contribution in [-0.4, -0.2) is 51.3 Å². The number of amides is 2. The summed E-state index contributed by atoms with van der Waals surface area (Å²) in [7, 11) is 0. The normalized spacial score (nSPS) is 17.4. The van der Waals surface area contributed by atoms with Crippen molar-refractivity contribution in [2.24, 2.45) is 5.92 Å². The first-order valence-electron chi connectivity index (χ1n) is 11.8. The number of rotatable bonds is 9. The fourth-order valence-electron chi connectivity index (χ4n) is 4.91. The van der Waals surface area contributed by atoms with Crippen molar-refractivity contribution in [2.75, 3.05) is 13.1 Å². The number of fused-ring (bicyclic) bond motifs is 1. The number of carboxylic acids is 1. The van der Waals surface area contributed by atoms with Crippen LogP contribution >= 0.6 is 22.9 Å². The Morgan fingerprint density at radius 2 is 1.94 bits per heavy atom. The van der Waals surface area contributed by atoms with E-state index in [4.69, 9.17) is 16.7 Å². The van der Waals surface area contributed by atoms with E-state index in [1.807, 2.05) is 61.7 Å². The summed E-state index contributed by atoms with van der Waals surface area (Å²) in [6.45, 7) is 5.04. The van der Waals surface area contributed by atoms with Gasteiger partial charge in [0.25, 0.3) is 5.91 Å². The highest BCUT2D eigenvalue weighted by Gasteiger charge is 2.56. The Balaban J connectivity index is 1.65. The summed E-state index contributed by atoms with van der Waals surface area (Å²) in [6, 6.07) is 15.1. The van der Waals surface area contributed by atoms with Crippen LogP contribution < -0.4 is 0 Å². The molecule has 1 atom stereocenters. The lowest BCUT2D eigenvalue weighted by Gasteiger charge is -2.55. The number of nitrogens with zero attached hydrogens (tertiary/aromatic N) is 2. The second-order valence-corrected chi connectivity index (χ2v) is 10.6. The third-order valence-corrected chi connectivity index (χ3v) is 8.05. The van der Waals surface area contributed by atoms with Gasteiger partial charge >= 0.3 is 5.97 Å². The Labute approximate surface area is 214 Å². The maximum Gasteiger partial charge on any atom is 0.303 e.